The molecule has 0 saturated carbocycles. The molecule has 1 aromatic rings. The highest BCUT2D eigenvalue weighted by Gasteiger charge is 2.07. The van der Waals surface area contributed by atoms with E-state index in [1.165, 1.54) is 0 Å². The van der Waals surface area contributed by atoms with Gasteiger partial charge in [0.15, 0.2) is 0 Å². The van der Waals surface area contributed by atoms with Crippen molar-refractivity contribution >= 4 is 28.5 Å². The molecule has 0 amide bonds. The van der Waals surface area contributed by atoms with E-state index in [0.29, 0.717) is 4.57 Å². The number of rotatable bonds is 1. The predicted octanol–water partition coefficient (Wildman–Crippen LogP) is -1.23. The fraction of sp³-hybridized carbons (Fsp3) is 0.167. The fourth-order valence-electron chi connectivity index (χ4n) is 0.709. The average molecular weight is 296 g/mol. The molecule has 0 atom stereocenters. The third-order valence-corrected chi connectivity index (χ3v) is 2.07. The monoisotopic (exact) mass is 296 g/mol. The van der Waals surface area contributed by atoms with Gasteiger partial charge in [-0.25, -0.2) is 9.36 Å². The molecule has 70 valence electrons. The quantitative estimate of drug-likeness (QED) is 0.635. The summed E-state index contributed by atoms with van der Waals surface area (Å²) in [7, 11) is 0. The van der Waals surface area contributed by atoms with Gasteiger partial charge < -0.3 is 5.11 Å². The maximum absolute atomic E-state index is 11.0. The van der Waals surface area contributed by atoms with Crippen molar-refractivity contribution in [3.05, 3.63) is 30.6 Å². The van der Waals surface area contributed by atoms with Crippen molar-refractivity contribution in [1.82, 2.24) is 9.55 Å². The molecule has 0 spiro atoms. The van der Waals surface area contributed by atoms with Crippen LogP contribution in [0.1, 0.15) is 4.79 Å². The summed E-state index contributed by atoms with van der Waals surface area (Å²) in [6.07, 6.45) is 1.08. The van der Waals surface area contributed by atoms with Gasteiger partial charge >= 0.3 is 5.69 Å². The smallest absolute Gasteiger partial charge is 0.335 e. The summed E-state index contributed by atoms with van der Waals surface area (Å²) in [5, 5.41) is 8.47. The number of aliphatic hydroxyl groups is 1. The molecule has 0 aromatic carbocycles. The van der Waals surface area contributed by atoms with Crippen molar-refractivity contribution in [1.29, 1.82) is 0 Å². The van der Waals surface area contributed by atoms with E-state index in [0.717, 1.165) is 6.20 Å². The van der Waals surface area contributed by atoms with Crippen LogP contribution in [0.3, 0.4) is 0 Å². The molecule has 0 bridgehead atoms. The molecule has 0 fully saturated rings. The lowest BCUT2D eigenvalue weighted by atomic mass is 10.5. The molecule has 0 radical (unpaired) electrons. The summed E-state index contributed by atoms with van der Waals surface area (Å²) in [6, 6.07) is 0. The first-order valence-corrected chi connectivity index (χ1v) is 4.29. The predicted molar refractivity (Wildman–Crippen MR) is 51.8 cm³/mol. The lowest BCUT2D eigenvalue weighted by Crippen LogP contribution is -2.35. The molecule has 1 heterocycles. The zero-order valence-electron chi connectivity index (χ0n) is 6.28. The van der Waals surface area contributed by atoms with Crippen LogP contribution in [-0.4, -0.2) is 27.2 Å². The van der Waals surface area contributed by atoms with Gasteiger partial charge in [0.05, 0.1) is 3.57 Å². The van der Waals surface area contributed by atoms with Crippen molar-refractivity contribution < 1.29 is 9.90 Å². The molecule has 0 aliphatic heterocycles. The minimum atomic E-state index is -0.843. The molecule has 1 rings (SSSR count). The molecular weight excluding hydrogens is 291 g/mol. The molecule has 2 N–H and O–H groups in total. The Hall–Kier alpha value is -0.960. The zero-order chi connectivity index (χ0) is 10.0. The molecule has 6 nitrogen and oxygen atoms in total. The third kappa shape index (κ3) is 2.04. The van der Waals surface area contributed by atoms with Crippen LogP contribution in [0.4, 0.5) is 0 Å². The molecule has 13 heavy (non-hydrogen) atoms. The van der Waals surface area contributed by atoms with E-state index in [1.807, 2.05) is 4.98 Å². The van der Waals surface area contributed by atoms with Gasteiger partial charge in [-0.3, -0.25) is 14.6 Å². The van der Waals surface area contributed by atoms with Crippen molar-refractivity contribution in [2.45, 2.75) is 0 Å². The number of nitrogens with one attached hydrogen (secondary N) is 1. The van der Waals surface area contributed by atoms with Gasteiger partial charge in [0.25, 0.3) is 11.5 Å². The van der Waals surface area contributed by atoms with Gasteiger partial charge in [0, 0.05) is 6.20 Å². The van der Waals surface area contributed by atoms with E-state index in [9.17, 15) is 14.4 Å². The Balaban J connectivity index is 3.41. The minimum Gasteiger partial charge on any atom is -0.387 e. The summed E-state index contributed by atoms with van der Waals surface area (Å²) < 4.78 is 0.863. The number of aliphatic hydroxyl groups excluding tert-OH is 1. The van der Waals surface area contributed by atoms with E-state index in [1.54, 1.807) is 22.6 Å². The highest BCUT2D eigenvalue weighted by molar-refractivity contribution is 14.1. The number of aromatic nitrogens is 2. The van der Waals surface area contributed by atoms with Gasteiger partial charge in [-0.05, 0) is 22.6 Å². The Morgan fingerprint density at radius 3 is 2.77 bits per heavy atom. The molecular formula is C6H5IN2O4. The second kappa shape index (κ2) is 3.83. The second-order valence-electron chi connectivity index (χ2n) is 2.16. The topological polar surface area (TPSA) is 92.2 Å². The van der Waals surface area contributed by atoms with Crippen LogP contribution in [0.2, 0.25) is 0 Å². The van der Waals surface area contributed by atoms with Crippen molar-refractivity contribution in [2.75, 3.05) is 6.61 Å². The first-order chi connectivity index (χ1) is 6.06. The summed E-state index contributed by atoms with van der Waals surface area (Å²) >= 11 is 1.68. The average Bonchev–Trinajstić information content (AvgIpc) is 2.10. The van der Waals surface area contributed by atoms with E-state index < -0.39 is 23.8 Å². The van der Waals surface area contributed by atoms with Gasteiger partial charge in [-0.1, -0.05) is 0 Å². The number of hydrogen-bond acceptors (Lipinski definition) is 4. The van der Waals surface area contributed by atoms with E-state index in [4.69, 9.17) is 5.11 Å². The van der Waals surface area contributed by atoms with Crippen LogP contribution in [0, 0.1) is 3.57 Å². The van der Waals surface area contributed by atoms with Gasteiger partial charge in [-0.2, -0.15) is 0 Å². The van der Waals surface area contributed by atoms with Crippen molar-refractivity contribution in [2.24, 2.45) is 0 Å². The third-order valence-electron chi connectivity index (χ3n) is 1.30. The van der Waals surface area contributed by atoms with Crippen LogP contribution in [0.5, 0.6) is 0 Å². The Bertz CT molecular complexity index is 447. The molecule has 0 unspecified atom stereocenters. The summed E-state index contributed by atoms with van der Waals surface area (Å²) in [4.78, 5) is 34.6. The number of carbonyl (C=O) groups is 1. The standard InChI is InChI=1S/C6H5IN2O4/c7-3-1-9(4(11)2-10)6(13)8-5(3)12/h1,10H,2H2,(H,8,12,13). The minimum absolute atomic E-state index is 0.207. The highest BCUT2D eigenvalue weighted by Crippen LogP contribution is 1.92. The second-order valence-corrected chi connectivity index (χ2v) is 3.32. The Labute approximate surface area is 85.4 Å². The van der Waals surface area contributed by atoms with Gasteiger partial charge in [0.1, 0.15) is 6.61 Å². The summed E-state index contributed by atoms with van der Waals surface area (Å²) in [6.45, 7) is -0.776. The number of hydrogen-bond donors (Lipinski definition) is 2. The SMILES string of the molecule is O=C(CO)n1cc(I)c(=O)[nH]c1=O. The molecule has 0 saturated heterocycles. The lowest BCUT2D eigenvalue weighted by molar-refractivity contribution is 0.0811. The Morgan fingerprint density at radius 2 is 2.23 bits per heavy atom. The van der Waals surface area contributed by atoms with Crippen LogP contribution in [-0.2, 0) is 0 Å². The van der Waals surface area contributed by atoms with E-state index in [-0.39, 0.29) is 3.57 Å². The fourth-order valence-corrected chi connectivity index (χ4v) is 1.12. The van der Waals surface area contributed by atoms with Crippen molar-refractivity contribution in [3.63, 3.8) is 0 Å². The number of aromatic amines is 1. The number of nitrogens with zero attached hydrogens (tertiary/aromatic N) is 1. The molecule has 0 aliphatic carbocycles. The largest absolute Gasteiger partial charge is 0.387 e. The van der Waals surface area contributed by atoms with E-state index >= 15 is 0 Å². The Kier molecular flexibility index (Phi) is 2.98. The maximum atomic E-state index is 11.0. The first-order valence-electron chi connectivity index (χ1n) is 3.22. The van der Waals surface area contributed by atoms with Crippen molar-refractivity contribution in [3.8, 4) is 0 Å². The van der Waals surface area contributed by atoms with Gasteiger partial charge in [0.2, 0.25) is 0 Å². The first kappa shape index (κ1) is 10.1. The van der Waals surface area contributed by atoms with Crippen LogP contribution in [0.25, 0.3) is 0 Å². The van der Waals surface area contributed by atoms with Crippen LogP contribution < -0.4 is 11.2 Å². The van der Waals surface area contributed by atoms with Crippen LogP contribution >= 0.6 is 22.6 Å². The summed E-state index contributed by atoms with van der Waals surface area (Å²) in [5.41, 5.74) is -1.39. The summed E-state index contributed by atoms with van der Waals surface area (Å²) in [5.74, 6) is -0.779. The highest BCUT2D eigenvalue weighted by atomic mass is 127. The molecule has 1 aromatic heterocycles. The number of carbonyl (C=O) groups excluding carboxylic acids is 1. The lowest BCUT2D eigenvalue weighted by Gasteiger charge is -1.99. The van der Waals surface area contributed by atoms with E-state index in [2.05, 4.69) is 0 Å². The number of H-pyrrole nitrogens is 1. The van der Waals surface area contributed by atoms with Crippen LogP contribution in [0.15, 0.2) is 15.8 Å². The Morgan fingerprint density at radius 1 is 1.62 bits per heavy atom. The number of halogens is 1. The maximum Gasteiger partial charge on any atom is 0.335 e. The molecule has 0 aliphatic rings. The van der Waals surface area contributed by atoms with Gasteiger partial charge in [-0.15, -0.1) is 0 Å². The zero-order valence-corrected chi connectivity index (χ0v) is 8.44. The normalized spacial score (nSPS) is 10.0. The molecule has 7 heteroatoms.